The van der Waals surface area contributed by atoms with Crippen molar-refractivity contribution in [1.29, 1.82) is 0 Å². The van der Waals surface area contributed by atoms with Crippen LogP contribution < -0.4 is 4.74 Å². The van der Waals surface area contributed by atoms with E-state index >= 15 is 0 Å². The van der Waals surface area contributed by atoms with Crippen molar-refractivity contribution in [1.82, 2.24) is 0 Å². The lowest BCUT2D eigenvalue weighted by molar-refractivity contribution is 0.0188. The van der Waals surface area contributed by atoms with Crippen molar-refractivity contribution >= 4 is 6.08 Å². The van der Waals surface area contributed by atoms with Crippen LogP contribution in [-0.2, 0) is 4.74 Å². The summed E-state index contributed by atoms with van der Waals surface area (Å²) in [6.45, 7) is 10.2. The Morgan fingerprint density at radius 1 is 1.05 bits per heavy atom. The zero-order valence-electron chi connectivity index (χ0n) is 13.1. The molecule has 6 heteroatoms. The molecule has 1 aromatic carbocycles. The molecule has 0 radical (unpaired) electrons. The number of hydrogen-bond acceptors (Lipinski definition) is 2. The summed E-state index contributed by atoms with van der Waals surface area (Å²) in [6, 6.07) is 0. The minimum atomic E-state index is -1.58. The number of ether oxygens (including phenoxy) is 2. The normalized spacial score (nSPS) is 11.9. The molecule has 0 aliphatic carbocycles. The van der Waals surface area contributed by atoms with Gasteiger partial charge in [-0.1, -0.05) is 12.7 Å². The predicted molar refractivity (Wildman–Crippen MR) is 76.8 cm³/mol. The van der Waals surface area contributed by atoms with Gasteiger partial charge in [-0.05, 0) is 27.7 Å². The Labute approximate surface area is 127 Å². The number of rotatable bonds is 7. The van der Waals surface area contributed by atoms with Crippen LogP contribution in [0.1, 0.15) is 39.7 Å². The Morgan fingerprint density at radius 3 is 1.95 bits per heavy atom. The van der Waals surface area contributed by atoms with Gasteiger partial charge in [0.1, 0.15) is 5.60 Å². The van der Waals surface area contributed by atoms with Crippen molar-refractivity contribution in [2.24, 2.45) is 0 Å². The van der Waals surface area contributed by atoms with Gasteiger partial charge in [0.05, 0.1) is 18.3 Å². The Kier molecular flexibility index (Phi) is 6.00. The van der Waals surface area contributed by atoms with Crippen LogP contribution in [0.5, 0.6) is 5.75 Å². The Hall–Kier alpha value is -1.56. The second-order valence-electron chi connectivity index (χ2n) is 5.73. The summed E-state index contributed by atoms with van der Waals surface area (Å²) in [5, 5.41) is 0. The van der Waals surface area contributed by atoms with Gasteiger partial charge in [-0.15, -0.1) is 0 Å². The minimum Gasteiger partial charge on any atom is -0.481 e. The summed E-state index contributed by atoms with van der Waals surface area (Å²) in [5.41, 5.74) is -1.92. The Balaban J connectivity index is 3.05. The van der Waals surface area contributed by atoms with Crippen molar-refractivity contribution in [3.8, 4) is 5.75 Å². The van der Waals surface area contributed by atoms with Crippen LogP contribution in [-0.4, -0.2) is 18.3 Å². The maximum Gasteiger partial charge on any atom is 0.204 e. The first-order valence-corrected chi connectivity index (χ1v) is 6.89. The van der Waals surface area contributed by atoms with Gasteiger partial charge < -0.3 is 9.47 Å². The first kappa shape index (κ1) is 18.5. The number of halogens is 4. The molecule has 22 heavy (non-hydrogen) atoms. The summed E-state index contributed by atoms with van der Waals surface area (Å²) in [4.78, 5) is 0. The maximum atomic E-state index is 13.9. The van der Waals surface area contributed by atoms with Gasteiger partial charge in [-0.2, -0.15) is 8.78 Å². The maximum absolute atomic E-state index is 13.9. The molecule has 1 rings (SSSR count). The topological polar surface area (TPSA) is 18.5 Å². The van der Waals surface area contributed by atoms with E-state index in [0.717, 1.165) is 0 Å². The monoisotopic (exact) mass is 320 g/mol. The van der Waals surface area contributed by atoms with Gasteiger partial charge in [0, 0.05) is 6.42 Å². The molecule has 0 aliphatic rings. The Morgan fingerprint density at radius 2 is 1.55 bits per heavy atom. The van der Waals surface area contributed by atoms with E-state index in [1.165, 1.54) is 0 Å². The average Bonchev–Trinajstić information content (AvgIpc) is 2.41. The molecule has 0 atom stereocenters. The minimum absolute atomic E-state index is 0.00830. The summed E-state index contributed by atoms with van der Waals surface area (Å²) < 4.78 is 65.6. The molecule has 0 saturated heterocycles. The molecule has 0 amide bonds. The van der Waals surface area contributed by atoms with Gasteiger partial charge in [-0.3, -0.25) is 0 Å². The molecule has 124 valence electrons. The highest BCUT2D eigenvalue weighted by Gasteiger charge is 2.30. The van der Waals surface area contributed by atoms with E-state index in [-0.39, 0.29) is 19.1 Å². The third-order valence-electron chi connectivity index (χ3n) is 2.99. The lowest BCUT2D eigenvalue weighted by Gasteiger charge is -2.27. The van der Waals surface area contributed by atoms with Crippen molar-refractivity contribution in [3.05, 3.63) is 35.4 Å². The molecule has 0 N–H and O–H groups in total. The zero-order chi connectivity index (χ0) is 17.1. The van der Waals surface area contributed by atoms with Crippen LogP contribution >= 0.6 is 0 Å². The van der Waals surface area contributed by atoms with Crippen molar-refractivity contribution in [2.75, 3.05) is 6.61 Å². The van der Waals surface area contributed by atoms with Crippen LogP contribution in [0.25, 0.3) is 6.08 Å². The fourth-order valence-electron chi connectivity index (χ4n) is 1.77. The van der Waals surface area contributed by atoms with Crippen LogP contribution in [0.3, 0.4) is 0 Å². The van der Waals surface area contributed by atoms with E-state index in [1.54, 1.807) is 13.8 Å². The predicted octanol–water partition coefficient (Wildman–Crippen LogP) is 4.86. The van der Waals surface area contributed by atoms with E-state index in [2.05, 4.69) is 6.58 Å². The van der Waals surface area contributed by atoms with Crippen molar-refractivity contribution < 1.29 is 27.0 Å². The molecule has 0 saturated carbocycles. The lowest BCUT2D eigenvalue weighted by atomic mass is 10.1. The fraction of sp³-hybridized carbons (Fsp3) is 0.500. The quantitative estimate of drug-likeness (QED) is 0.528. The highest BCUT2D eigenvalue weighted by Crippen LogP contribution is 2.33. The van der Waals surface area contributed by atoms with E-state index < -0.39 is 40.2 Å². The van der Waals surface area contributed by atoms with E-state index in [4.69, 9.17) is 9.47 Å². The molecule has 0 aromatic heterocycles. The summed E-state index contributed by atoms with van der Waals surface area (Å²) >= 11 is 0. The molecule has 0 unspecified atom stereocenters. The lowest BCUT2D eigenvalue weighted by Crippen LogP contribution is -2.31. The van der Waals surface area contributed by atoms with Crippen molar-refractivity contribution in [2.45, 2.75) is 45.8 Å². The van der Waals surface area contributed by atoms with Gasteiger partial charge in [0.25, 0.3) is 0 Å². The van der Waals surface area contributed by atoms with Gasteiger partial charge in [0.15, 0.2) is 17.4 Å². The number of hydrogen-bond donors (Lipinski definition) is 0. The Bertz CT molecular complexity index is 525. The highest BCUT2D eigenvalue weighted by atomic mass is 19.2. The van der Waals surface area contributed by atoms with E-state index in [9.17, 15) is 17.6 Å². The first-order valence-electron chi connectivity index (χ1n) is 6.89. The highest BCUT2D eigenvalue weighted by molar-refractivity contribution is 5.52. The average molecular weight is 320 g/mol. The van der Waals surface area contributed by atoms with Gasteiger partial charge in [0.2, 0.25) is 11.6 Å². The third-order valence-corrected chi connectivity index (χ3v) is 2.99. The molecule has 0 heterocycles. The second-order valence-corrected chi connectivity index (χ2v) is 5.73. The van der Waals surface area contributed by atoms with Crippen LogP contribution in [0.15, 0.2) is 6.58 Å². The summed E-state index contributed by atoms with van der Waals surface area (Å²) in [7, 11) is 0. The van der Waals surface area contributed by atoms with Crippen LogP contribution in [0, 0.1) is 23.3 Å². The van der Waals surface area contributed by atoms with Gasteiger partial charge in [-0.25, -0.2) is 8.78 Å². The second kappa shape index (κ2) is 7.13. The standard InChI is InChI=1S/C16H20F4O2/c1-6-10-11(17)13(19)15(14(20)12(10)18)22-16(4,5)7-8-21-9(2)3/h6,9H,1,7-8H2,2-5H3. The zero-order valence-corrected chi connectivity index (χ0v) is 13.1. The van der Waals surface area contributed by atoms with Crippen LogP contribution in [0.2, 0.25) is 0 Å². The molecule has 1 aromatic rings. The number of benzene rings is 1. The van der Waals surface area contributed by atoms with E-state index in [1.807, 2.05) is 13.8 Å². The van der Waals surface area contributed by atoms with E-state index in [0.29, 0.717) is 6.08 Å². The molecular formula is C16H20F4O2. The largest absolute Gasteiger partial charge is 0.481 e. The molecule has 0 spiro atoms. The molecule has 2 nitrogen and oxygen atoms in total. The SMILES string of the molecule is C=Cc1c(F)c(F)c(OC(C)(C)CCOC(C)C)c(F)c1F. The van der Waals surface area contributed by atoms with Crippen molar-refractivity contribution in [3.63, 3.8) is 0 Å². The van der Waals surface area contributed by atoms with Gasteiger partial charge >= 0.3 is 0 Å². The smallest absolute Gasteiger partial charge is 0.204 e. The molecule has 0 aliphatic heterocycles. The molecule has 0 fully saturated rings. The fourth-order valence-corrected chi connectivity index (χ4v) is 1.77. The molecular weight excluding hydrogens is 300 g/mol. The summed E-state index contributed by atoms with van der Waals surface area (Å²) in [6.07, 6.45) is 0.990. The van der Waals surface area contributed by atoms with Crippen LogP contribution in [0.4, 0.5) is 17.6 Å². The molecule has 0 bridgehead atoms. The summed E-state index contributed by atoms with van der Waals surface area (Å²) in [5.74, 6) is -7.29. The first-order chi connectivity index (χ1) is 10.1. The third kappa shape index (κ3) is 4.22.